The van der Waals surface area contributed by atoms with Crippen LogP contribution in [0.3, 0.4) is 0 Å². The van der Waals surface area contributed by atoms with Crippen molar-refractivity contribution in [1.82, 2.24) is 4.98 Å². The average Bonchev–Trinajstić information content (AvgIpc) is 3.36. The number of carbonyl (C=O) groups excluding carboxylic acids is 3. The monoisotopic (exact) mass is 600 g/mol. The number of benzene rings is 4. The Kier molecular flexibility index (Phi) is 9.23. The summed E-state index contributed by atoms with van der Waals surface area (Å²) in [5.74, 6) is 0.148. The van der Waals surface area contributed by atoms with Crippen molar-refractivity contribution in [3.63, 3.8) is 0 Å². The number of hydrogen-bond donors (Lipinski definition) is 3. The summed E-state index contributed by atoms with van der Waals surface area (Å²) in [6.07, 6.45) is 0. The molecule has 0 saturated carbocycles. The zero-order valence-electron chi connectivity index (χ0n) is 22.5. The molecule has 0 radical (unpaired) electrons. The van der Waals surface area contributed by atoms with Crippen LogP contribution in [0.4, 0.5) is 17.1 Å². The molecule has 0 aliphatic rings. The van der Waals surface area contributed by atoms with E-state index in [1.807, 2.05) is 86.6 Å². The lowest BCUT2D eigenvalue weighted by molar-refractivity contribution is -0.114. The highest BCUT2D eigenvalue weighted by molar-refractivity contribution is 8.01. The van der Waals surface area contributed by atoms with Gasteiger partial charge in [-0.15, -0.1) is 23.1 Å². The lowest BCUT2D eigenvalue weighted by Crippen LogP contribution is -2.18. The van der Waals surface area contributed by atoms with Gasteiger partial charge in [0.1, 0.15) is 0 Å². The number of fused-ring (bicyclic) bond motifs is 2. The van der Waals surface area contributed by atoms with Crippen LogP contribution in [0.1, 0.15) is 11.1 Å². The van der Waals surface area contributed by atoms with Crippen molar-refractivity contribution < 1.29 is 14.4 Å². The number of nitrogens with zero attached hydrogens (tertiary/aromatic N) is 1. The number of carbonyl (C=O) groups is 3. The van der Waals surface area contributed by atoms with Gasteiger partial charge in [0.15, 0.2) is 4.34 Å². The summed E-state index contributed by atoms with van der Waals surface area (Å²) < 4.78 is 1.70. The molecular formula is C31H28N4O3S3. The molecule has 0 spiro atoms. The fourth-order valence-corrected chi connectivity index (χ4v) is 6.79. The topological polar surface area (TPSA) is 100 Å². The Labute approximate surface area is 250 Å². The van der Waals surface area contributed by atoms with Gasteiger partial charge in [-0.05, 0) is 55.1 Å². The molecule has 3 N–H and O–H groups in total. The number of nitrogens with one attached hydrogen (secondary N) is 3. The van der Waals surface area contributed by atoms with Gasteiger partial charge in [-0.3, -0.25) is 14.4 Å². The molecule has 1 aromatic heterocycles. The minimum absolute atomic E-state index is 0.0857. The minimum atomic E-state index is -0.186. The molecule has 0 unspecified atom stereocenters. The Morgan fingerprint density at radius 3 is 2.32 bits per heavy atom. The Bertz CT molecular complexity index is 1750. The van der Waals surface area contributed by atoms with Gasteiger partial charge in [0, 0.05) is 22.4 Å². The predicted octanol–water partition coefficient (Wildman–Crippen LogP) is 7.11. The van der Waals surface area contributed by atoms with Crippen molar-refractivity contribution in [2.24, 2.45) is 0 Å². The Morgan fingerprint density at radius 1 is 0.756 bits per heavy atom. The summed E-state index contributed by atoms with van der Waals surface area (Å²) in [6, 6.07) is 25.1. The third-order valence-corrected chi connectivity index (χ3v) is 9.26. The number of rotatable bonds is 10. The molecule has 0 atom stereocenters. The van der Waals surface area contributed by atoms with Gasteiger partial charge in [0.2, 0.25) is 17.7 Å². The average molecular weight is 601 g/mol. The molecule has 41 heavy (non-hydrogen) atoms. The maximum Gasteiger partial charge on any atom is 0.234 e. The van der Waals surface area contributed by atoms with Crippen molar-refractivity contribution in [1.29, 1.82) is 0 Å². The molecule has 0 fully saturated rings. The summed E-state index contributed by atoms with van der Waals surface area (Å²) in [5, 5.41) is 10.8. The van der Waals surface area contributed by atoms with Crippen LogP contribution in [-0.4, -0.2) is 40.0 Å². The van der Waals surface area contributed by atoms with Crippen LogP contribution in [0.15, 0.2) is 83.2 Å². The summed E-state index contributed by atoms with van der Waals surface area (Å²) in [5.41, 5.74) is 5.23. The quantitative estimate of drug-likeness (QED) is 0.148. The molecule has 10 heteroatoms. The van der Waals surface area contributed by atoms with E-state index < -0.39 is 0 Å². The van der Waals surface area contributed by atoms with Crippen molar-refractivity contribution in [3.8, 4) is 0 Å². The van der Waals surface area contributed by atoms with E-state index in [4.69, 9.17) is 0 Å². The molecule has 0 bridgehead atoms. The number of aromatic nitrogens is 1. The molecule has 3 amide bonds. The molecule has 5 rings (SSSR count). The highest BCUT2D eigenvalue weighted by atomic mass is 32.2. The molecule has 0 saturated heterocycles. The first-order chi connectivity index (χ1) is 19.8. The van der Waals surface area contributed by atoms with Crippen LogP contribution in [0.25, 0.3) is 21.0 Å². The highest BCUT2D eigenvalue weighted by Gasteiger charge is 2.12. The van der Waals surface area contributed by atoms with E-state index in [9.17, 15) is 14.4 Å². The standard InChI is InChI=1S/C31H28N4O3S3/c1-19-10-12-24(20(2)14-19)33-30(38)18-40-31-35-26-13-11-22(15-27(26)41-31)32-28(36)16-39-17-29(37)34-25-9-5-7-21-6-3-4-8-23(21)25/h3-15H,16-18H2,1-2H3,(H,32,36)(H,33,38)(H,34,37). The summed E-state index contributed by atoms with van der Waals surface area (Å²) >= 11 is 4.12. The second-order valence-corrected chi connectivity index (χ2v) is 12.7. The Balaban J connectivity index is 1.08. The second-order valence-electron chi connectivity index (χ2n) is 9.43. The fraction of sp³-hybridized carbons (Fsp3) is 0.161. The number of hydrogen-bond acceptors (Lipinski definition) is 7. The Hall–Kier alpha value is -3.86. The summed E-state index contributed by atoms with van der Waals surface area (Å²) in [7, 11) is 0. The summed E-state index contributed by atoms with van der Waals surface area (Å²) in [4.78, 5) is 42.0. The first-order valence-corrected chi connectivity index (χ1v) is 15.9. The predicted molar refractivity (Wildman–Crippen MR) is 173 cm³/mol. The van der Waals surface area contributed by atoms with E-state index in [0.29, 0.717) is 5.69 Å². The second kappa shape index (κ2) is 13.2. The van der Waals surface area contributed by atoms with Crippen LogP contribution in [-0.2, 0) is 14.4 Å². The van der Waals surface area contributed by atoms with E-state index in [0.717, 1.165) is 47.8 Å². The first-order valence-electron chi connectivity index (χ1n) is 12.9. The van der Waals surface area contributed by atoms with Crippen LogP contribution in [0, 0.1) is 13.8 Å². The van der Waals surface area contributed by atoms with E-state index in [1.165, 1.54) is 34.9 Å². The maximum atomic E-state index is 12.5. The maximum absolute atomic E-state index is 12.5. The van der Waals surface area contributed by atoms with Crippen molar-refractivity contribution in [3.05, 3.63) is 90.0 Å². The summed E-state index contributed by atoms with van der Waals surface area (Å²) in [6.45, 7) is 4.00. The normalized spacial score (nSPS) is 11.0. The fourth-order valence-electron chi connectivity index (χ4n) is 4.26. The largest absolute Gasteiger partial charge is 0.325 e. The zero-order valence-corrected chi connectivity index (χ0v) is 25.0. The van der Waals surface area contributed by atoms with E-state index >= 15 is 0 Å². The lowest BCUT2D eigenvalue weighted by Gasteiger charge is -2.09. The SMILES string of the molecule is Cc1ccc(NC(=O)CSc2nc3ccc(NC(=O)CSCC(=O)Nc4cccc5ccccc45)cc3s2)c(C)c1. The number of aryl methyl sites for hydroxylation is 2. The zero-order chi connectivity index (χ0) is 28.8. The molecule has 5 aromatic rings. The van der Waals surface area contributed by atoms with E-state index in [1.54, 1.807) is 6.07 Å². The minimum Gasteiger partial charge on any atom is -0.325 e. The van der Waals surface area contributed by atoms with E-state index in [-0.39, 0.29) is 35.0 Å². The first kappa shape index (κ1) is 28.7. The van der Waals surface area contributed by atoms with Gasteiger partial charge in [-0.1, -0.05) is 65.9 Å². The van der Waals surface area contributed by atoms with Crippen LogP contribution in [0.5, 0.6) is 0 Å². The Morgan fingerprint density at radius 2 is 1.49 bits per heavy atom. The molecule has 208 valence electrons. The van der Waals surface area contributed by atoms with Crippen molar-refractivity contribution in [2.45, 2.75) is 18.2 Å². The van der Waals surface area contributed by atoms with Gasteiger partial charge >= 0.3 is 0 Å². The van der Waals surface area contributed by atoms with Gasteiger partial charge in [-0.2, -0.15) is 0 Å². The van der Waals surface area contributed by atoms with E-state index in [2.05, 4.69) is 20.9 Å². The van der Waals surface area contributed by atoms with Gasteiger partial charge < -0.3 is 16.0 Å². The number of anilines is 3. The van der Waals surface area contributed by atoms with Crippen LogP contribution >= 0.6 is 34.9 Å². The smallest absolute Gasteiger partial charge is 0.234 e. The third kappa shape index (κ3) is 7.66. The molecular weight excluding hydrogens is 573 g/mol. The van der Waals surface area contributed by atoms with Crippen LogP contribution in [0.2, 0.25) is 0 Å². The molecule has 7 nitrogen and oxygen atoms in total. The van der Waals surface area contributed by atoms with Crippen molar-refractivity contribution >= 4 is 90.6 Å². The molecule has 4 aromatic carbocycles. The van der Waals surface area contributed by atoms with Gasteiger partial charge in [-0.25, -0.2) is 4.98 Å². The molecule has 0 aliphatic carbocycles. The van der Waals surface area contributed by atoms with Gasteiger partial charge in [0.25, 0.3) is 0 Å². The highest BCUT2D eigenvalue weighted by Crippen LogP contribution is 2.31. The van der Waals surface area contributed by atoms with Crippen molar-refractivity contribution in [2.75, 3.05) is 33.2 Å². The number of thiazole rings is 1. The number of thioether (sulfide) groups is 2. The molecule has 0 aliphatic heterocycles. The van der Waals surface area contributed by atoms with Gasteiger partial charge in [0.05, 0.1) is 27.5 Å². The van der Waals surface area contributed by atoms with Crippen LogP contribution < -0.4 is 16.0 Å². The molecule has 1 heterocycles. The third-order valence-electron chi connectivity index (χ3n) is 6.17. The number of amides is 3. The lowest BCUT2D eigenvalue weighted by atomic mass is 10.1.